The van der Waals surface area contributed by atoms with Crippen molar-refractivity contribution in [3.63, 3.8) is 0 Å². The van der Waals surface area contributed by atoms with E-state index in [2.05, 4.69) is 15.6 Å². The third-order valence-electron chi connectivity index (χ3n) is 3.93. The minimum atomic E-state index is -0.464. The molecule has 2 aromatic rings. The van der Waals surface area contributed by atoms with E-state index in [4.69, 9.17) is 0 Å². The molecule has 1 heterocycles. The number of amidine groups is 1. The van der Waals surface area contributed by atoms with E-state index in [0.29, 0.717) is 5.17 Å². The molecule has 0 bridgehead atoms. The lowest BCUT2D eigenvalue weighted by Gasteiger charge is -2.07. The number of hydrogen-bond donors (Lipinski definition) is 2. The number of thioether (sulfide) groups is 1. The van der Waals surface area contributed by atoms with Gasteiger partial charge in [-0.25, -0.2) is 4.99 Å². The monoisotopic (exact) mass is 353 g/mol. The van der Waals surface area contributed by atoms with Gasteiger partial charge in [0.1, 0.15) is 5.25 Å². The summed E-state index contributed by atoms with van der Waals surface area (Å²) < 4.78 is 0. The summed E-state index contributed by atoms with van der Waals surface area (Å²) in [7, 11) is 0. The highest BCUT2D eigenvalue weighted by Crippen LogP contribution is 2.26. The largest absolute Gasteiger partial charge is 0.326 e. The number of carbonyl (C=O) groups excluding carboxylic acids is 2. The van der Waals surface area contributed by atoms with Crippen LogP contribution in [0.3, 0.4) is 0 Å². The molecule has 128 valence electrons. The van der Waals surface area contributed by atoms with Gasteiger partial charge in [0.2, 0.25) is 11.8 Å². The molecule has 1 saturated heterocycles. The lowest BCUT2D eigenvalue weighted by molar-refractivity contribution is -0.122. The lowest BCUT2D eigenvalue weighted by atomic mass is 10.1. The molecule has 0 radical (unpaired) electrons. The van der Waals surface area contributed by atoms with Gasteiger partial charge in [-0.05, 0) is 49.2 Å². The molecule has 25 heavy (non-hydrogen) atoms. The number of hydrogen-bond acceptors (Lipinski definition) is 4. The molecule has 0 aromatic heterocycles. The minimum absolute atomic E-state index is 0.108. The average Bonchev–Trinajstić information content (AvgIpc) is 2.91. The van der Waals surface area contributed by atoms with Gasteiger partial charge in [-0.2, -0.15) is 0 Å². The van der Waals surface area contributed by atoms with Crippen LogP contribution in [0.25, 0.3) is 0 Å². The Morgan fingerprint density at radius 2 is 1.92 bits per heavy atom. The minimum Gasteiger partial charge on any atom is -0.326 e. The molecule has 2 aromatic carbocycles. The Labute approximate surface area is 150 Å². The van der Waals surface area contributed by atoms with Crippen LogP contribution in [0.1, 0.15) is 17.5 Å². The SMILES string of the molecule is Cc1ccc(N=C2NC(=O)[C@@H](CC(=O)Nc3ccccc3)S2)cc1C. The van der Waals surface area contributed by atoms with Gasteiger partial charge in [0.15, 0.2) is 5.17 Å². The van der Waals surface area contributed by atoms with Gasteiger partial charge in [-0.15, -0.1) is 0 Å². The maximum Gasteiger partial charge on any atom is 0.240 e. The second-order valence-corrected chi connectivity index (χ2v) is 7.09. The Balaban J connectivity index is 1.63. The third-order valence-corrected chi connectivity index (χ3v) is 5.01. The zero-order valence-electron chi connectivity index (χ0n) is 14.1. The predicted molar refractivity (Wildman–Crippen MR) is 102 cm³/mol. The Kier molecular flexibility index (Phi) is 5.19. The van der Waals surface area contributed by atoms with E-state index in [9.17, 15) is 9.59 Å². The van der Waals surface area contributed by atoms with Crippen molar-refractivity contribution in [1.29, 1.82) is 0 Å². The van der Waals surface area contributed by atoms with Crippen LogP contribution >= 0.6 is 11.8 Å². The average molecular weight is 353 g/mol. The normalized spacial score (nSPS) is 18.2. The summed E-state index contributed by atoms with van der Waals surface area (Å²) in [6.07, 6.45) is 0.108. The second-order valence-electron chi connectivity index (χ2n) is 5.90. The molecule has 1 aliphatic rings. The van der Waals surface area contributed by atoms with Crippen LogP contribution in [0, 0.1) is 13.8 Å². The van der Waals surface area contributed by atoms with E-state index in [1.807, 2.05) is 62.4 Å². The van der Waals surface area contributed by atoms with Crippen molar-refractivity contribution < 1.29 is 9.59 Å². The summed E-state index contributed by atoms with van der Waals surface area (Å²) in [6.45, 7) is 4.07. The molecule has 1 aliphatic heterocycles. The summed E-state index contributed by atoms with van der Waals surface area (Å²) in [5.74, 6) is -0.373. The number of aliphatic imine (C=N–C) groups is 1. The molecule has 5 nitrogen and oxygen atoms in total. The predicted octanol–water partition coefficient (Wildman–Crippen LogP) is 3.55. The van der Waals surface area contributed by atoms with Crippen LogP contribution in [0.15, 0.2) is 53.5 Å². The fourth-order valence-corrected chi connectivity index (χ4v) is 3.39. The Morgan fingerprint density at radius 1 is 1.16 bits per heavy atom. The van der Waals surface area contributed by atoms with Gasteiger partial charge in [-0.1, -0.05) is 36.0 Å². The van der Waals surface area contributed by atoms with E-state index >= 15 is 0 Å². The fraction of sp³-hybridized carbons (Fsp3) is 0.211. The van der Waals surface area contributed by atoms with Gasteiger partial charge in [0.25, 0.3) is 0 Å². The Morgan fingerprint density at radius 3 is 2.64 bits per heavy atom. The molecule has 0 spiro atoms. The van der Waals surface area contributed by atoms with Gasteiger partial charge in [0, 0.05) is 12.1 Å². The van der Waals surface area contributed by atoms with Crippen molar-refractivity contribution in [3.05, 3.63) is 59.7 Å². The van der Waals surface area contributed by atoms with Gasteiger partial charge in [-0.3, -0.25) is 9.59 Å². The molecule has 2 N–H and O–H groups in total. The zero-order valence-corrected chi connectivity index (χ0v) is 14.9. The number of amides is 2. The zero-order chi connectivity index (χ0) is 17.8. The molecular formula is C19H19N3O2S. The summed E-state index contributed by atoms with van der Waals surface area (Å²) in [6, 6.07) is 15.1. The van der Waals surface area contributed by atoms with Crippen molar-refractivity contribution in [3.8, 4) is 0 Å². The number of benzene rings is 2. The van der Waals surface area contributed by atoms with E-state index in [1.54, 1.807) is 0 Å². The number of anilines is 1. The number of rotatable bonds is 4. The Bertz CT molecular complexity index is 834. The fourth-order valence-electron chi connectivity index (χ4n) is 2.41. The number of carbonyl (C=O) groups is 2. The van der Waals surface area contributed by atoms with Crippen LogP contribution in [0.2, 0.25) is 0 Å². The number of nitrogens with zero attached hydrogens (tertiary/aromatic N) is 1. The summed E-state index contributed by atoms with van der Waals surface area (Å²) >= 11 is 1.29. The molecule has 0 aliphatic carbocycles. The third kappa shape index (κ3) is 4.48. The van der Waals surface area contributed by atoms with Crippen LogP contribution in [-0.4, -0.2) is 22.2 Å². The standard InChI is InChI=1S/C19H19N3O2S/c1-12-8-9-15(10-13(12)2)21-19-22-18(24)16(25-19)11-17(23)20-14-6-4-3-5-7-14/h3-10,16H,11H2,1-2H3,(H,20,23)(H,21,22,24)/t16-/m1/s1. The molecule has 1 fully saturated rings. The highest BCUT2D eigenvalue weighted by molar-refractivity contribution is 8.15. The molecule has 3 rings (SSSR count). The van der Waals surface area contributed by atoms with Gasteiger partial charge in [0.05, 0.1) is 5.69 Å². The summed E-state index contributed by atoms with van der Waals surface area (Å²) in [5, 5.41) is 5.61. The Hall–Kier alpha value is -2.60. The summed E-state index contributed by atoms with van der Waals surface area (Å²) in [5.41, 5.74) is 3.86. The van der Waals surface area contributed by atoms with E-state index in [1.165, 1.54) is 17.3 Å². The van der Waals surface area contributed by atoms with Gasteiger partial charge < -0.3 is 10.6 Å². The molecule has 0 unspecified atom stereocenters. The molecule has 0 saturated carbocycles. The van der Waals surface area contributed by atoms with Crippen LogP contribution in [0.5, 0.6) is 0 Å². The van der Waals surface area contributed by atoms with Crippen molar-refractivity contribution in [2.75, 3.05) is 5.32 Å². The number of aryl methyl sites for hydroxylation is 2. The first-order valence-electron chi connectivity index (χ1n) is 7.99. The molecule has 1 atom stereocenters. The van der Waals surface area contributed by atoms with Gasteiger partial charge >= 0.3 is 0 Å². The molecule has 6 heteroatoms. The van der Waals surface area contributed by atoms with E-state index in [-0.39, 0.29) is 18.2 Å². The van der Waals surface area contributed by atoms with E-state index < -0.39 is 5.25 Å². The molecule has 2 amide bonds. The number of para-hydroxylation sites is 1. The topological polar surface area (TPSA) is 70.6 Å². The first kappa shape index (κ1) is 17.2. The second kappa shape index (κ2) is 7.53. The van der Waals surface area contributed by atoms with Crippen molar-refractivity contribution in [2.24, 2.45) is 4.99 Å². The van der Waals surface area contributed by atoms with Crippen molar-refractivity contribution >= 4 is 40.1 Å². The maximum atomic E-state index is 12.1. The lowest BCUT2D eigenvalue weighted by Crippen LogP contribution is -2.28. The first-order valence-corrected chi connectivity index (χ1v) is 8.87. The maximum absolute atomic E-state index is 12.1. The van der Waals surface area contributed by atoms with E-state index in [0.717, 1.165) is 16.9 Å². The van der Waals surface area contributed by atoms with Crippen molar-refractivity contribution in [1.82, 2.24) is 5.32 Å². The number of nitrogens with one attached hydrogen (secondary N) is 2. The van der Waals surface area contributed by atoms with Crippen LogP contribution in [-0.2, 0) is 9.59 Å². The highest BCUT2D eigenvalue weighted by Gasteiger charge is 2.32. The van der Waals surface area contributed by atoms with Crippen LogP contribution < -0.4 is 10.6 Å². The first-order chi connectivity index (χ1) is 12.0. The smallest absolute Gasteiger partial charge is 0.240 e. The highest BCUT2D eigenvalue weighted by atomic mass is 32.2. The van der Waals surface area contributed by atoms with Crippen molar-refractivity contribution in [2.45, 2.75) is 25.5 Å². The quantitative estimate of drug-likeness (QED) is 0.883. The summed E-state index contributed by atoms with van der Waals surface area (Å²) in [4.78, 5) is 28.7. The van der Waals surface area contributed by atoms with Crippen LogP contribution in [0.4, 0.5) is 11.4 Å². The molecular weight excluding hydrogens is 334 g/mol.